The Bertz CT molecular complexity index is 602. The molecule has 0 unspecified atom stereocenters. The fourth-order valence-corrected chi connectivity index (χ4v) is 2.37. The first-order valence-corrected chi connectivity index (χ1v) is 6.12. The Morgan fingerprint density at radius 1 is 1.44 bits per heavy atom. The number of carbonyl (C=O) groups is 1. The zero-order valence-corrected chi connectivity index (χ0v) is 10.2. The average Bonchev–Trinajstić information content (AvgIpc) is 2.83. The van der Waals surface area contributed by atoms with Gasteiger partial charge in [0.25, 0.3) is 0 Å². The van der Waals surface area contributed by atoms with Crippen LogP contribution in [0.1, 0.15) is 23.0 Å². The van der Waals surface area contributed by atoms with E-state index in [1.54, 1.807) is 13.1 Å². The maximum atomic E-state index is 11.8. The Labute approximate surface area is 105 Å². The molecule has 4 heteroatoms. The molecule has 1 aromatic heterocycles. The van der Waals surface area contributed by atoms with Crippen LogP contribution in [-0.4, -0.2) is 22.1 Å². The van der Waals surface area contributed by atoms with Gasteiger partial charge in [0.15, 0.2) is 0 Å². The van der Waals surface area contributed by atoms with Crippen molar-refractivity contribution in [1.29, 1.82) is 0 Å². The molecule has 0 spiro atoms. The molecule has 0 amide bonds. The van der Waals surface area contributed by atoms with E-state index in [4.69, 9.17) is 4.74 Å². The molecule has 1 aliphatic rings. The molecule has 3 rings (SSSR count). The van der Waals surface area contributed by atoms with Crippen LogP contribution in [0, 0.1) is 0 Å². The zero-order chi connectivity index (χ0) is 12.5. The number of ether oxygens (including phenoxy) is 1. The summed E-state index contributed by atoms with van der Waals surface area (Å²) >= 11 is 0. The lowest BCUT2D eigenvalue weighted by molar-refractivity contribution is 0.0513. The molecule has 0 saturated carbocycles. The number of hydrogen-bond acceptors (Lipinski definition) is 3. The van der Waals surface area contributed by atoms with Gasteiger partial charge >= 0.3 is 5.97 Å². The number of fused-ring (bicyclic) bond motifs is 3. The SMILES string of the molecule is CCOC(=O)c1cnc2n1CCc1ccccc1-2. The van der Waals surface area contributed by atoms with Gasteiger partial charge < -0.3 is 9.30 Å². The molecule has 0 bridgehead atoms. The lowest BCUT2D eigenvalue weighted by Gasteiger charge is -2.19. The summed E-state index contributed by atoms with van der Waals surface area (Å²) in [7, 11) is 0. The largest absolute Gasteiger partial charge is 0.461 e. The molecule has 1 aliphatic heterocycles. The third-order valence-electron chi connectivity index (χ3n) is 3.20. The van der Waals surface area contributed by atoms with E-state index >= 15 is 0 Å². The highest BCUT2D eigenvalue weighted by molar-refractivity contribution is 5.88. The van der Waals surface area contributed by atoms with Gasteiger partial charge in [0.05, 0.1) is 12.8 Å². The van der Waals surface area contributed by atoms with E-state index in [0.717, 1.165) is 24.4 Å². The standard InChI is InChI=1S/C14H14N2O2/c1-2-18-14(17)12-9-15-13-11-6-4-3-5-10(11)7-8-16(12)13/h3-6,9H,2,7-8H2,1H3. The third kappa shape index (κ3) is 1.61. The fraction of sp³-hybridized carbons (Fsp3) is 0.286. The van der Waals surface area contributed by atoms with Crippen molar-refractivity contribution in [3.63, 3.8) is 0 Å². The molecular weight excluding hydrogens is 228 g/mol. The Morgan fingerprint density at radius 2 is 2.28 bits per heavy atom. The molecule has 92 valence electrons. The highest BCUT2D eigenvalue weighted by atomic mass is 16.5. The molecule has 0 atom stereocenters. The summed E-state index contributed by atoms with van der Waals surface area (Å²) in [6.07, 6.45) is 2.53. The van der Waals surface area contributed by atoms with Crippen molar-refractivity contribution in [3.8, 4) is 11.4 Å². The minimum atomic E-state index is -0.296. The van der Waals surface area contributed by atoms with Crippen LogP contribution in [0.3, 0.4) is 0 Å². The van der Waals surface area contributed by atoms with E-state index in [1.165, 1.54) is 5.56 Å². The average molecular weight is 242 g/mol. The summed E-state index contributed by atoms with van der Waals surface area (Å²) < 4.78 is 6.99. The van der Waals surface area contributed by atoms with E-state index in [0.29, 0.717) is 12.3 Å². The van der Waals surface area contributed by atoms with Gasteiger partial charge in [-0.05, 0) is 18.9 Å². The van der Waals surface area contributed by atoms with E-state index < -0.39 is 0 Å². The summed E-state index contributed by atoms with van der Waals surface area (Å²) in [5, 5.41) is 0. The molecule has 18 heavy (non-hydrogen) atoms. The predicted octanol–water partition coefficient (Wildman–Crippen LogP) is 2.28. The highest BCUT2D eigenvalue weighted by Gasteiger charge is 2.23. The van der Waals surface area contributed by atoms with Crippen LogP contribution in [0.4, 0.5) is 0 Å². The van der Waals surface area contributed by atoms with Gasteiger partial charge in [-0.25, -0.2) is 9.78 Å². The van der Waals surface area contributed by atoms with E-state index in [1.807, 2.05) is 22.8 Å². The van der Waals surface area contributed by atoms with Crippen LogP contribution in [0.25, 0.3) is 11.4 Å². The first-order chi connectivity index (χ1) is 8.81. The Hall–Kier alpha value is -2.10. The second kappa shape index (κ2) is 4.29. The maximum absolute atomic E-state index is 11.8. The van der Waals surface area contributed by atoms with Crippen molar-refractivity contribution in [1.82, 2.24) is 9.55 Å². The second-order valence-corrected chi connectivity index (χ2v) is 4.25. The minimum Gasteiger partial charge on any atom is -0.461 e. The van der Waals surface area contributed by atoms with Gasteiger partial charge in [-0.1, -0.05) is 24.3 Å². The first kappa shape index (κ1) is 11.0. The van der Waals surface area contributed by atoms with Crippen molar-refractivity contribution in [2.75, 3.05) is 6.61 Å². The number of nitrogens with zero attached hydrogens (tertiary/aromatic N) is 2. The molecule has 2 heterocycles. The molecular formula is C14H14N2O2. The third-order valence-corrected chi connectivity index (χ3v) is 3.20. The molecule has 0 aliphatic carbocycles. The number of esters is 1. The fourth-order valence-electron chi connectivity index (χ4n) is 2.37. The normalized spacial score (nSPS) is 12.7. The summed E-state index contributed by atoms with van der Waals surface area (Å²) in [5.41, 5.74) is 2.94. The molecule has 0 saturated heterocycles. The summed E-state index contributed by atoms with van der Waals surface area (Å²) in [6.45, 7) is 2.97. The van der Waals surface area contributed by atoms with E-state index in [9.17, 15) is 4.79 Å². The van der Waals surface area contributed by atoms with Crippen molar-refractivity contribution < 1.29 is 9.53 Å². The van der Waals surface area contributed by atoms with Crippen molar-refractivity contribution in [3.05, 3.63) is 41.7 Å². The number of aromatic nitrogens is 2. The summed E-state index contributed by atoms with van der Waals surface area (Å²) in [6, 6.07) is 8.18. The first-order valence-electron chi connectivity index (χ1n) is 6.12. The Balaban J connectivity index is 2.07. The van der Waals surface area contributed by atoms with Crippen LogP contribution in [-0.2, 0) is 17.7 Å². The summed E-state index contributed by atoms with van der Waals surface area (Å²) in [4.78, 5) is 16.2. The number of benzene rings is 1. The van der Waals surface area contributed by atoms with E-state index in [2.05, 4.69) is 11.1 Å². The molecule has 1 aromatic carbocycles. The van der Waals surface area contributed by atoms with Crippen LogP contribution < -0.4 is 0 Å². The molecule has 2 aromatic rings. The van der Waals surface area contributed by atoms with Crippen LogP contribution in [0.15, 0.2) is 30.5 Å². The maximum Gasteiger partial charge on any atom is 0.356 e. The quantitative estimate of drug-likeness (QED) is 0.759. The Kier molecular flexibility index (Phi) is 2.63. The molecule has 0 N–H and O–H groups in total. The Morgan fingerprint density at radius 3 is 3.11 bits per heavy atom. The molecule has 0 radical (unpaired) electrons. The predicted molar refractivity (Wildman–Crippen MR) is 67.3 cm³/mol. The molecule has 4 nitrogen and oxygen atoms in total. The van der Waals surface area contributed by atoms with Crippen molar-refractivity contribution in [2.24, 2.45) is 0 Å². The second-order valence-electron chi connectivity index (χ2n) is 4.25. The van der Waals surface area contributed by atoms with E-state index in [-0.39, 0.29) is 5.97 Å². The number of rotatable bonds is 2. The number of aryl methyl sites for hydroxylation is 1. The van der Waals surface area contributed by atoms with Crippen LogP contribution in [0.5, 0.6) is 0 Å². The summed E-state index contributed by atoms with van der Waals surface area (Å²) in [5.74, 6) is 0.565. The topological polar surface area (TPSA) is 44.1 Å². The van der Waals surface area contributed by atoms with Gasteiger partial charge in [-0.15, -0.1) is 0 Å². The van der Waals surface area contributed by atoms with Crippen molar-refractivity contribution >= 4 is 5.97 Å². The smallest absolute Gasteiger partial charge is 0.356 e. The van der Waals surface area contributed by atoms with Gasteiger partial charge in [-0.3, -0.25) is 0 Å². The number of carbonyl (C=O) groups excluding carboxylic acids is 1. The number of imidazole rings is 1. The van der Waals surface area contributed by atoms with Crippen LogP contribution >= 0.6 is 0 Å². The molecule has 0 fully saturated rings. The highest BCUT2D eigenvalue weighted by Crippen LogP contribution is 2.29. The van der Waals surface area contributed by atoms with Gasteiger partial charge in [0.2, 0.25) is 0 Å². The van der Waals surface area contributed by atoms with Crippen molar-refractivity contribution in [2.45, 2.75) is 19.9 Å². The lowest BCUT2D eigenvalue weighted by Crippen LogP contribution is -2.17. The zero-order valence-electron chi connectivity index (χ0n) is 10.2. The van der Waals surface area contributed by atoms with Gasteiger partial charge in [-0.2, -0.15) is 0 Å². The number of hydrogen-bond donors (Lipinski definition) is 0. The van der Waals surface area contributed by atoms with Crippen LogP contribution in [0.2, 0.25) is 0 Å². The minimum absolute atomic E-state index is 0.296. The monoisotopic (exact) mass is 242 g/mol. The van der Waals surface area contributed by atoms with Gasteiger partial charge in [0, 0.05) is 12.1 Å². The lowest BCUT2D eigenvalue weighted by atomic mass is 10.0. The van der Waals surface area contributed by atoms with Gasteiger partial charge in [0.1, 0.15) is 11.5 Å².